The van der Waals surface area contributed by atoms with Gasteiger partial charge < -0.3 is 19.2 Å². The number of nitrogens with one attached hydrogen (secondary N) is 1. The lowest BCUT2D eigenvalue weighted by Crippen LogP contribution is -2.50. The first-order valence-corrected chi connectivity index (χ1v) is 18.6. The van der Waals surface area contributed by atoms with Crippen LogP contribution in [0.1, 0.15) is 27.7 Å². The fraction of sp³-hybridized carbons (Fsp3) is 0.483. The highest BCUT2D eigenvalue weighted by Gasteiger charge is 2.43. The van der Waals surface area contributed by atoms with Gasteiger partial charge in [-0.3, -0.25) is 4.79 Å². The van der Waals surface area contributed by atoms with Gasteiger partial charge in [-0.15, -0.1) is 0 Å². The van der Waals surface area contributed by atoms with Gasteiger partial charge in [0.1, 0.15) is 19.7 Å². The summed E-state index contributed by atoms with van der Waals surface area (Å²) < 4.78 is 17.4. The van der Waals surface area contributed by atoms with Crippen molar-refractivity contribution in [1.29, 1.82) is 0 Å². The van der Waals surface area contributed by atoms with E-state index < -0.39 is 22.3 Å². The van der Waals surface area contributed by atoms with E-state index in [2.05, 4.69) is 88.3 Å². The van der Waals surface area contributed by atoms with Crippen LogP contribution in [-0.4, -0.2) is 48.7 Å². The summed E-state index contributed by atoms with van der Waals surface area (Å²) in [6.07, 6.45) is 1.82. The Morgan fingerprint density at radius 2 is 1.53 bits per heavy atom. The number of esters is 1. The van der Waals surface area contributed by atoms with Crippen LogP contribution in [0.4, 0.5) is 5.69 Å². The number of hydrogen-bond acceptors (Lipinski definition) is 5. The van der Waals surface area contributed by atoms with Gasteiger partial charge in [-0.2, -0.15) is 0 Å². The van der Waals surface area contributed by atoms with Crippen molar-refractivity contribution in [2.24, 2.45) is 5.92 Å². The Hall–Kier alpha value is -2.36. The van der Waals surface area contributed by atoms with Crippen LogP contribution in [0.15, 0.2) is 66.4 Å². The van der Waals surface area contributed by atoms with Gasteiger partial charge in [-0.25, -0.2) is 0 Å². The summed E-state index contributed by atoms with van der Waals surface area (Å²) in [6, 6.07) is 18.0. The number of carbonyl (C=O) groups excluding carboxylic acids is 1. The molecule has 5 nitrogen and oxygen atoms in total. The predicted octanol–water partition coefficient (Wildman–Crippen LogP) is 6.39. The summed E-state index contributed by atoms with van der Waals surface area (Å²) in [7, 11) is -0.921. The number of carbonyl (C=O) groups is 1. The zero-order valence-electron chi connectivity index (χ0n) is 23.7. The maximum absolute atomic E-state index is 13.2. The van der Waals surface area contributed by atoms with Gasteiger partial charge in [-0.1, -0.05) is 81.2 Å². The highest BCUT2D eigenvalue weighted by Crippen LogP contribution is 2.38. The molecule has 36 heavy (non-hydrogen) atoms. The molecule has 0 aliphatic heterocycles. The van der Waals surface area contributed by atoms with E-state index in [1.165, 1.54) is 12.3 Å². The Morgan fingerprint density at radius 1 is 0.944 bits per heavy atom. The molecule has 0 aliphatic carbocycles. The summed E-state index contributed by atoms with van der Waals surface area (Å²) in [5.41, 5.74) is 3.21. The van der Waals surface area contributed by atoms with Gasteiger partial charge in [0.05, 0.1) is 26.4 Å². The molecule has 2 aromatic carbocycles. The second kappa shape index (κ2) is 12.3. The van der Waals surface area contributed by atoms with Gasteiger partial charge in [0, 0.05) is 5.69 Å². The monoisotopic (exact) mass is 527 g/mol. The van der Waals surface area contributed by atoms with Crippen molar-refractivity contribution in [2.75, 3.05) is 19.5 Å². The van der Waals surface area contributed by atoms with Crippen molar-refractivity contribution in [2.45, 2.75) is 71.1 Å². The van der Waals surface area contributed by atoms with Crippen LogP contribution in [0.3, 0.4) is 0 Å². The third-order valence-electron chi connectivity index (χ3n) is 7.31. The summed E-state index contributed by atoms with van der Waals surface area (Å²) in [5.74, 6) is -0.0245. The molecule has 0 unspecified atom stereocenters. The van der Waals surface area contributed by atoms with Crippen molar-refractivity contribution in [3.05, 3.63) is 66.4 Å². The normalized spacial score (nSPS) is 15.3. The third-order valence-corrected chi connectivity index (χ3v) is 14.7. The summed E-state index contributed by atoms with van der Waals surface area (Å²) in [6.45, 7) is 17.7. The maximum Gasteiger partial charge on any atom is 0.313 e. The fourth-order valence-corrected chi connectivity index (χ4v) is 7.29. The van der Waals surface area contributed by atoms with E-state index in [-0.39, 0.29) is 23.2 Å². The van der Waals surface area contributed by atoms with Gasteiger partial charge in [0.15, 0.2) is 8.32 Å². The number of ether oxygens (including phenoxy) is 2. The highest BCUT2D eigenvalue weighted by molar-refractivity contribution is 6.93. The molecule has 1 N–H and O–H groups in total. The van der Waals surface area contributed by atoms with Gasteiger partial charge in [0.2, 0.25) is 0 Å². The van der Waals surface area contributed by atoms with Crippen molar-refractivity contribution in [3.8, 4) is 5.75 Å². The van der Waals surface area contributed by atoms with Crippen molar-refractivity contribution >= 4 is 33.2 Å². The van der Waals surface area contributed by atoms with E-state index >= 15 is 0 Å². The minimum Gasteiger partial charge on any atom is -0.497 e. The van der Waals surface area contributed by atoms with Crippen LogP contribution in [0, 0.1) is 5.92 Å². The molecule has 7 heteroatoms. The molecule has 0 fully saturated rings. The van der Waals surface area contributed by atoms with E-state index in [0.29, 0.717) is 0 Å². The van der Waals surface area contributed by atoms with Crippen LogP contribution in [0.2, 0.25) is 31.2 Å². The maximum atomic E-state index is 13.2. The Morgan fingerprint density at radius 3 is 2.03 bits per heavy atom. The molecular formula is C29H45NO4Si2. The molecule has 3 atom stereocenters. The number of benzene rings is 2. The molecule has 0 aromatic heterocycles. The molecule has 2 rings (SSSR count). The average Bonchev–Trinajstić information content (AvgIpc) is 2.82. The zero-order valence-corrected chi connectivity index (χ0v) is 25.7. The van der Waals surface area contributed by atoms with Crippen molar-refractivity contribution in [3.63, 3.8) is 0 Å². The largest absolute Gasteiger partial charge is 0.497 e. The van der Waals surface area contributed by atoms with E-state index in [4.69, 9.17) is 13.9 Å². The molecule has 198 valence electrons. The molecule has 0 saturated carbocycles. The minimum absolute atomic E-state index is 0.0267. The first-order chi connectivity index (χ1) is 16.7. The van der Waals surface area contributed by atoms with Crippen LogP contribution in [0.25, 0.3) is 0 Å². The van der Waals surface area contributed by atoms with E-state index in [0.717, 1.165) is 11.4 Å². The molecule has 0 spiro atoms. The second-order valence-corrected chi connectivity index (χ2v) is 20.6. The van der Waals surface area contributed by atoms with E-state index in [1.807, 2.05) is 37.3 Å². The van der Waals surface area contributed by atoms with Crippen molar-refractivity contribution in [1.82, 2.24) is 0 Å². The highest BCUT2D eigenvalue weighted by atomic mass is 28.4. The summed E-state index contributed by atoms with van der Waals surface area (Å²) in [5, 5.41) is 4.95. The van der Waals surface area contributed by atoms with E-state index in [9.17, 15) is 4.79 Å². The molecule has 0 aliphatic rings. The van der Waals surface area contributed by atoms with Crippen LogP contribution < -0.4 is 15.2 Å². The van der Waals surface area contributed by atoms with Gasteiger partial charge in [-0.05, 0) is 49.3 Å². The molecule has 0 amide bonds. The SMILES string of the molecule is COC(=O)[C@@H]([C@H](/C=C/[Si](C)(C)c1ccccc1)Nc1ccc(OC)cc1)[C@H](C)O[Si](C)(C)C(C)(C)C. The Balaban J connectivity index is 2.49. The number of methoxy groups -OCH3 is 2. The van der Waals surface area contributed by atoms with E-state index in [1.54, 1.807) is 7.11 Å². The molecule has 0 saturated heterocycles. The molecular weight excluding hydrogens is 482 g/mol. The van der Waals surface area contributed by atoms with Crippen LogP contribution in [0.5, 0.6) is 5.75 Å². The average molecular weight is 528 g/mol. The molecule has 2 aromatic rings. The molecule has 0 radical (unpaired) electrons. The molecule has 0 heterocycles. The zero-order chi connectivity index (χ0) is 27.1. The summed E-state index contributed by atoms with van der Waals surface area (Å²) in [4.78, 5) is 13.2. The number of anilines is 1. The lowest BCUT2D eigenvalue weighted by molar-refractivity contribution is -0.148. The predicted molar refractivity (Wildman–Crippen MR) is 156 cm³/mol. The quantitative estimate of drug-likeness (QED) is 0.271. The Bertz CT molecular complexity index is 998. The lowest BCUT2D eigenvalue weighted by Gasteiger charge is -2.41. The second-order valence-electron chi connectivity index (χ2n) is 11.5. The lowest BCUT2D eigenvalue weighted by atomic mass is 9.94. The fourth-order valence-electron chi connectivity index (χ4n) is 3.93. The standard InChI is InChI=1S/C29H45NO4Si2/c1-22(34-36(9,10)29(2,3)4)27(28(31)33-6)26(30-23-16-18-24(32-5)19-17-23)20-21-35(7,8)25-14-12-11-13-15-25/h11-22,26-27,30H,1-10H3/b21-20+/t22-,26-,27+/m0/s1. The first kappa shape index (κ1) is 29.9. The van der Waals surface area contributed by atoms with Gasteiger partial charge >= 0.3 is 5.97 Å². The van der Waals surface area contributed by atoms with Crippen LogP contribution in [-0.2, 0) is 14.0 Å². The summed E-state index contributed by atoms with van der Waals surface area (Å²) >= 11 is 0. The van der Waals surface area contributed by atoms with Crippen LogP contribution >= 0.6 is 0 Å². The Labute approximate surface area is 220 Å². The van der Waals surface area contributed by atoms with Crippen molar-refractivity contribution < 1.29 is 18.7 Å². The Kier molecular flexibility index (Phi) is 10.2. The third kappa shape index (κ3) is 7.82. The number of hydrogen-bond donors (Lipinski definition) is 1. The topological polar surface area (TPSA) is 56.8 Å². The smallest absolute Gasteiger partial charge is 0.313 e. The van der Waals surface area contributed by atoms with Gasteiger partial charge in [0.25, 0.3) is 0 Å². The molecule has 0 bridgehead atoms. The number of rotatable bonds is 11. The first-order valence-electron chi connectivity index (χ1n) is 12.6. The minimum atomic E-state index is -2.12.